The Morgan fingerprint density at radius 3 is 2.55 bits per heavy atom. The van der Waals surface area contributed by atoms with Crippen LogP contribution in [0.2, 0.25) is 0 Å². The van der Waals surface area contributed by atoms with E-state index in [0.29, 0.717) is 17.0 Å². The molecule has 0 saturated heterocycles. The van der Waals surface area contributed by atoms with Gasteiger partial charge >= 0.3 is 6.03 Å². The minimum Gasteiger partial charge on any atom is -0.497 e. The van der Waals surface area contributed by atoms with Crippen LogP contribution in [0, 0.1) is 0 Å². The lowest BCUT2D eigenvalue weighted by atomic mass is 9.95. The van der Waals surface area contributed by atoms with Crippen LogP contribution in [0.1, 0.15) is 24.1 Å². The number of nitrogens with zero attached hydrogens (tertiary/aromatic N) is 1. The Morgan fingerprint density at radius 2 is 1.86 bits per heavy atom. The normalized spacial score (nSPS) is 16.6. The quantitative estimate of drug-likeness (QED) is 0.523. The van der Waals surface area contributed by atoms with Gasteiger partial charge in [-0.3, -0.25) is 4.79 Å². The van der Waals surface area contributed by atoms with Crippen LogP contribution in [-0.2, 0) is 4.79 Å². The fourth-order valence-corrected chi connectivity index (χ4v) is 2.96. The third-order valence-corrected chi connectivity index (χ3v) is 4.38. The molecular formula is C22H22N4O3. The molecule has 1 aliphatic rings. The predicted molar refractivity (Wildman–Crippen MR) is 112 cm³/mol. The molecule has 7 heteroatoms. The average Bonchev–Trinajstić information content (AvgIpc) is 2.73. The van der Waals surface area contributed by atoms with Crippen LogP contribution >= 0.6 is 0 Å². The van der Waals surface area contributed by atoms with Crippen molar-refractivity contribution in [3.05, 3.63) is 83.1 Å². The van der Waals surface area contributed by atoms with Crippen LogP contribution in [0.4, 0.5) is 4.79 Å². The second-order valence-corrected chi connectivity index (χ2v) is 6.33. The topological polar surface area (TPSA) is 91.8 Å². The molecule has 0 spiro atoms. The summed E-state index contributed by atoms with van der Waals surface area (Å²) in [5.41, 5.74) is 5.17. The molecule has 0 radical (unpaired) electrons. The maximum atomic E-state index is 12.7. The number of rotatable bonds is 6. The van der Waals surface area contributed by atoms with Crippen molar-refractivity contribution in [2.24, 2.45) is 5.10 Å². The Bertz CT molecular complexity index is 963. The fourth-order valence-electron chi connectivity index (χ4n) is 2.96. The molecule has 2 aromatic carbocycles. The molecule has 29 heavy (non-hydrogen) atoms. The summed E-state index contributed by atoms with van der Waals surface area (Å²) in [5, 5.41) is 9.38. The van der Waals surface area contributed by atoms with Crippen molar-refractivity contribution < 1.29 is 14.3 Å². The lowest BCUT2D eigenvalue weighted by Gasteiger charge is -2.28. The summed E-state index contributed by atoms with van der Waals surface area (Å²) in [7, 11) is 1.58. The summed E-state index contributed by atoms with van der Waals surface area (Å²) in [5.74, 6) is 0.288. The van der Waals surface area contributed by atoms with E-state index in [1.165, 1.54) is 6.21 Å². The minimum atomic E-state index is -0.593. The molecule has 1 atom stereocenters. The van der Waals surface area contributed by atoms with E-state index < -0.39 is 11.9 Å². The van der Waals surface area contributed by atoms with Crippen molar-refractivity contribution in [2.75, 3.05) is 7.11 Å². The van der Waals surface area contributed by atoms with Crippen molar-refractivity contribution in [3.8, 4) is 5.75 Å². The number of hydrogen-bond acceptors (Lipinski definition) is 4. The molecule has 1 aliphatic heterocycles. The zero-order valence-electron chi connectivity index (χ0n) is 16.2. The number of benzene rings is 2. The first-order valence-corrected chi connectivity index (χ1v) is 9.06. The monoisotopic (exact) mass is 390 g/mol. The Labute approximate surface area is 169 Å². The lowest BCUT2D eigenvalue weighted by Crippen LogP contribution is -2.46. The van der Waals surface area contributed by atoms with Crippen LogP contribution in [0.15, 0.2) is 77.0 Å². The van der Waals surface area contributed by atoms with Crippen LogP contribution in [-0.4, -0.2) is 25.3 Å². The molecule has 7 nitrogen and oxygen atoms in total. The maximum Gasteiger partial charge on any atom is 0.319 e. The first-order chi connectivity index (χ1) is 14.1. The van der Waals surface area contributed by atoms with Gasteiger partial charge in [0.25, 0.3) is 5.91 Å². The van der Waals surface area contributed by atoms with Gasteiger partial charge in [0.05, 0.1) is 18.7 Å². The molecule has 3 amide bonds. The van der Waals surface area contributed by atoms with E-state index in [1.807, 2.05) is 48.5 Å². The zero-order chi connectivity index (χ0) is 20.6. The molecule has 0 saturated carbocycles. The Hall–Kier alpha value is -3.87. The number of allylic oxidation sites excluding steroid dienone is 2. The molecule has 148 valence electrons. The van der Waals surface area contributed by atoms with Crippen molar-refractivity contribution in [2.45, 2.75) is 13.0 Å². The Morgan fingerprint density at radius 1 is 1.14 bits per heavy atom. The minimum absolute atomic E-state index is 0.367. The van der Waals surface area contributed by atoms with Crippen molar-refractivity contribution in [1.29, 1.82) is 0 Å². The molecule has 3 N–H and O–H groups in total. The maximum absolute atomic E-state index is 12.7. The predicted octanol–water partition coefficient (Wildman–Crippen LogP) is 3.14. The average molecular weight is 390 g/mol. The van der Waals surface area contributed by atoms with Crippen molar-refractivity contribution in [1.82, 2.24) is 16.1 Å². The Balaban J connectivity index is 1.73. The third-order valence-electron chi connectivity index (χ3n) is 4.38. The number of carbonyl (C=O) groups excluding carboxylic acids is 2. The van der Waals surface area contributed by atoms with Gasteiger partial charge in [0.2, 0.25) is 0 Å². The van der Waals surface area contributed by atoms with Gasteiger partial charge in [-0.1, -0.05) is 48.5 Å². The highest BCUT2D eigenvalue weighted by molar-refractivity contribution is 5.98. The van der Waals surface area contributed by atoms with Gasteiger partial charge in [0.15, 0.2) is 0 Å². The largest absolute Gasteiger partial charge is 0.497 e. The number of carbonyl (C=O) groups is 2. The molecule has 3 rings (SSSR count). The van der Waals surface area contributed by atoms with Gasteiger partial charge in [0, 0.05) is 11.9 Å². The summed E-state index contributed by atoms with van der Waals surface area (Å²) >= 11 is 0. The number of amides is 3. The van der Waals surface area contributed by atoms with Gasteiger partial charge in [-0.15, -0.1) is 0 Å². The van der Waals surface area contributed by atoms with Crippen molar-refractivity contribution in [3.63, 3.8) is 0 Å². The SMILES string of the molecule is COc1ccc([C@@H]2NC(=O)NC(C)=C2C(=O)NN=C/C=C\c2ccccc2)cc1. The van der Waals surface area contributed by atoms with E-state index in [9.17, 15) is 9.59 Å². The van der Waals surface area contributed by atoms with E-state index in [4.69, 9.17) is 4.74 Å². The molecule has 1 heterocycles. The first-order valence-electron chi connectivity index (χ1n) is 9.06. The number of urea groups is 1. The summed E-state index contributed by atoms with van der Waals surface area (Å²) in [6.45, 7) is 1.68. The van der Waals surface area contributed by atoms with E-state index in [2.05, 4.69) is 21.2 Å². The van der Waals surface area contributed by atoms with Crippen LogP contribution in [0.5, 0.6) is 5.75 Å². The summed E-state index contributed by atoms with van der Waals surface area (Å²) < 4.78 is 5.16. The van der Waals surface area contributed by atoms with Crippen LogP contribution in [0.25, 0.3) is 6.08 Å². The highest BCUT2D eigenvalue weighted by Crippen LogP contribution is 2.28. The van der Waals surface area contributed by atoms with Gasteiger partial charge in [-0.25, -0.2) is 10.2 Å². The first kappa shape index (κ1) is 19.9. The molecular weight excluding hydrogens is 368 g/mol. The van der Waals surface area contributed by atoms with Crippen LogP contribution in [0.3, 0.4) is 0 Å². The molecule has 2 aromatic rings. The van der Waals surface area contributed by atoms with Crippen molar-refractivity contribution >= 4 is 24.2 Å². The molecule has 0 unspecified atom stereocenters. The zero-order valence-corrected chi connectivity index (χ0v) is 16.2. The van der Waals surface area contributed by atoms with E-state index in [0.717, 1.165) is 11.1 Å². The highest BCUT2D eigenvalue weighted by Gasteiger charge is 2.31. The molecule has 0 aliphatic carbocycles. The fraction of sp³-hybridized carbons (Fsp3) is 0.136. The number of nitrogens with one attached hydrogen (secondary N) is 3. The summed E-state index contributed by atoms with van der Waals surface area (Å²) in [6, 6.07) is 16.0. The van der Waals surface area contributed by atoms with E-state index in [-0.39, 0.29) is 6.03 Å². The number of ether oxygens (including phenoxy) is 1. The van der Waals surface area contributed by atoms with Gasteiger partial charge < -0.3 is 15.4 Å². The molecule has 0 aromatic heterocycles. The number of hydrogen-bond donors (Lipinski definition) is 3. The number of methoxy groups -OCH3 is 1. The second kappa shape index (κ2) is 9.36. The van der Waals surface area contributed by atoms with E-state index in [1.54, 1.807) is 32.2 Å². The standard InChI is InChI=1S/C22H22N4O3/c1-15-19(21(27)26-23-14-6-9-16-7-4-3-5-8-16)20(25-22(28)24-15)17-10-12-18(29-2)13-11-17/h3-14,20H,1-2H3,(H,26,27)(H2,24,25,28)/b9-6-,23-14?/t20-/m0/s1. The van der Waals surface area contributed by atoms with Gasteiger partial charge in [-0.2, -0.15) is 5.10 Å². The summed E-state index contributed by atoms with van der Waals surface area (Å²) in [6.07, 6.45) is 5.11. The second-order valence-electron chi connectivity index (χ2n) is 6.33. The van der Waals surface area contributed by atoms with Gasteiger partial charge in [0.1, 0.15) is 5.75 Å². The van der Waals surface area contributed by atoms with E-state index >= 15 is 0 Å². The molecule has 0 bridgehead atoms. The lowest BCUT2D eigenvalue weighted by molar-refractivity contribution is -0.117. The highest BCUT2D eigenvalue weighted by atomic mass is 16.5. The smallest absolute Gasteiger partial charge is 0.319 e. The summed E-state index contributed by atoms with van der Waals surface area (Å²) in [4.78, 5) is 24.7. The van der Waals surface area contributed by atoms with Crippen LogP contribution < -0.4 is 20.8 Å². The molecule has 0 fully saturated rings. The third kappa shape index (κ3) is 5.10. The van der Waals surface area contributed by atoms with Gasteiger partial charge in [-0.05, 0) is 36.3 Å². The number of hydrazone groups is 1. The Kier molecular flexibility index (Phi) is 6.42.